The summed E-state index contributed by atoms with van der Waals surface area (Å²) in [4.78, 5) is 15.1. The fourth-order valence-corrected chi connectivity index (χ4v) is 3.28. The second kappa shape index (κ2) is 8.41. The van der Waals surface area contributed by atoms with Crippen LogP contribution in [0.15, 0.2) is 66.1 Å². The standard InChI is InChI=1S/C20H12ClN3O2S/c21-17-10-8-14(9-11-17)18-13-27-20(23-18)16(12-22)6-3-5-15-4-1-2-7-19(15)24(25)26/h1-11,13H/b5-3+,16-6+. The molecule has 3 rings (SSSR count). The van der Waals surface area contributed by atoms with Crippen molar-refractivity contribution in [2.45, 2.75) is 0 Å². The van der Waals surface area contributed by atoms with Crippen LogP contribution in [0.2, 0.25) is 5.02 Å². The quantitative estimate of drug-likeness (QED) is 0.230. The molecule has 0 saturated heterocycles. The molecule has 0 spiro atoms. The van der Waals surface area contributed by atoms with E-state index in [0.29, 0.717) is 21.2 Å². The molecular weight excluding hydrogens is 382 g/mol. The highest BCUT2D eigenvalue weighted by atomic mass is 35.5. The van der Waals surface area contributed by atoms with Crippen LogP contribution in [0.5, 0.6) is 0 Å². The second-order valence-corrected chi connectivity index (χ2v) is 6.71. The molecular formula is C20H12ClN3O2S. The number of allylic oxidation sites excluding steroid dienone is 3. The Hall–Kier alpha value is -3.27. The summed E-state index contributed by atoms with van der Waals surface area (Å²) in [6.45, 7) is 0. The maximum atomic E-state index is 11.0. The van der Waals surface area contributed by atoms with E-state index in [9.17, 15) is 15.4 Å². The van der Waals surface area contributed by atoms with E-state index < -0.39 is 4.92 Å². The molecule has 0 aliphatic heterocycles. The van der Waals surface area contributed by atoms with Gasteiger partial charge in [-0.25, -0.2) is 4.98 Å². The van der Waals surface area contributed by atoms with Gasteiger partial charge in [0.2, 0.25) is 0 Å². The minimum atomic E-state index is -0.437. The Morgan fingerprint density at radius 3 is 2.67 bits per heavy atom. The zero-order chi connectivity index (χ0) is 19.2. The van der Waals surface area contributed by atoms with E-state index in [2.05, 4.69) is 11.1 Å². The molecule has 1 aromatic heterocycles. The third-order valence-corrected chi connectivity index (χ3v) is 4.79. The van der Waals surface area contributed by atoms with Crippen LogP contribution in [0.1, 0.15) is 10.6 Å². The lowest BCUT2D eigenvalue weighted by molar-refractivity contribution is -0.385. The molecule has 0 unspecified atom stereocenters. The van der Waals surface area contributed by atoms with Gasteiger partial charge in [0.25, 0.3) is 5.69 Å². The van der Waals surface area contributed by atoms with Gasteiger partial charge in [0, 0.05) is 22.0 Å². The highest BCUT2D eigenvalue weighted by Crippen LogP contribution is 2.27. The highest BCUT2D eigenvalue weighted by Gasteiger charge is 2.10. The summed E-state index contributed by atoms with van der Waals surface area (Å²) < 4.78 is 0. The topological polar surface area (TPSA) is 79.8 Å². The summed E-state index contributed by atoms with van der Waals surface area (Å²) in [5, 5.41) is 23.6. The first-order valence-corrected chi connectivity index (χ1v) is 9.08. The molecule has 0 amide bonds. The predicted octanol–water partition coefficient (Wildman–Crippen LogP) is 5.99. The van der Waals surface area contributed by atoms with E-state index in [0.717, 1.165) is 11.3 Å². The molecule has 0 fully saturated rings. The van der Waals surface area contributed by atoms with E-state index in [1.807, 2.05) is 17.5 Å². The zero-order valence-corrected chi connectivity index (χ0v) is 15.4. The van der Waals surface area contributed by atoms with Crippen LogP contribution in [-0.2, 0) is 0 Å². The average molecular weight is 394 g/mol. The van der Waals surface area contributed by atoms with E-state index in [1.165, 1.54) is 17.4 Å². The molecule has 3 aromatic rings. The van der Waals surface area contributed by atoms with Crippen molar-refractivity contribution in [2.24, 2.45) is 0 Å². The summed E-state index contributed by atoms with van der Waals surface area (Å²) in [7, 11) is 0. The molecule has 7 heteroatoms. The molecule has 0 aliphatic rings. The van der Waals surface area contributed by atoms with Gasteiger partial charge in [0.15, 0.2) is 0 Å². The van der Waals surface area contributed by atoms with Crippen LogP contribution < -0.4 is 0 Å². The van der Waals surface area contributed by atoms with Gasteiger partial charge in [0.1, 0.15) is 11.1 Å². The summed E-state index contributed by atoms with van der Waals surface area (Å²) in [5.74, 6) is 0. The smallest absolute Gasteiger partial charge is 0.258 e. The number of nitro groups is 1. The van der Waals surface area contributed by atoms with Crippen LogP contribution in [0.3, 0.4) is 0 Å². The van der Waals surface area contributed by atoms with Crippen molar-refractivity contribution < 1.29 is 4.92 Å². The van der Waals surface area contributed by atoms with Crippen molar-refractivity contribution in [1.82, 2.24) is 4.98 Å². The van der Waals surface area contributed by atoms with Gasteiger partial charge in [-0.3, -0.25) is 10.1 Å². The van der Waals surface area contributed by atoms with Crippen LogP contribution in [-0.4, -0.2) is 9.91 Å². The molecule has 0 radical (unpaired) electrons. The monoisotopic (exact) mass is 393 g/mol. The van der Waals surface area contributed by atoms with Crippen molar-refractivity contribution in [3.63, 3.8) is 0 Å². The number of nitrogens with zero attached hydrogens (tertiary/aromatic N) is 3. The Labute approximate surface area is 164 Å². The van der Waals surface area contributed by atoms with Crippen molar-refractivity contribution >= 4 is 40.3 Å². The van der Waals surface area contributed by atoms with Gasteiger partial charge < -0.3 is 0 Å². The highest BCUT2D eigenvalue weighted by molar-refractivity contribution is 7.11. The van der Waals surface area contributed by atoms with Gasteiger partial charge in [0.05, 0.1) is 21.8 Å². The molecule has 5 nitrogen and oxygen atoms in total. The Morgan fingerprint density at radius 1 is 1.22 bits per heavy atom. The maximum absolute atomic E-state index is 11.0. The molecule has 132 valence electrons. The molecule has 27 heavy (non-hydrogen) atoms. The van der Waals surface area contributed by atoms with Gasteiger partial charge in [-0.1, -0.05) is 41.9 Å². The SMILES string of the molecule is N#C/C(=C\C=C\c1ccccc1[N+](=O)[O-])c1nc(-c2ccc(Cl)cc2)cs1. The van der Waals surface area contributed by atoms with E-state index in [-0.39, 0.29) is 5.69 Å². The minimum absolute atomic E-state index is 0.0138. The average Bonchev–Trinajstić information content (AvgIpc) is 3.16. The van der Waals surface area contributed by atoms with Gasteiger partial charge in [-0.05, 0) is 30.4 Å². The fraction of sp³-hybridized carbons (Fsp3) is 0. The predicted molar refractivity (Wildman–Crippen MR) is 108 cm³/mol. The largest absolute Gasteiger partial charge is 0.276 e. The van der Waals surface area contributed by atoms with Crippen molar-refractivity contribution in [3.8, 4) is 17.3 Å². The maximum Gasteiger partial charge on any atom is 0.276 e. The lowest BCUT2D eigenvalue weighted by atomic mass is 10.1. The van der Waals surface area contributed by atoms with Crippen LogP contribution in [0.25, 0.3) is 22.9 Å². The molecule has 0 bridgehead atoms. The summed E-state index contributed by atoms with van der Waals surface area (Å²) in [6, 6.07) is 15.8. The molecule has 0 N–H and O–H groups in total. The molecule has 2 aromatic carbocycles. The molecule has 1 heterocycles. The second-order valence-electron chi connectivity index (χ2n) is 5.41. The van der Waals surface area contributed by atoms with Crippen LogP contribution >= 0.6 is 22.9 Å². The Balaban J connectivity index is 1.85. The number of benzene rings is 2. The number of nitro benzene ring substituents is 1. The fourth-order valence-electron chi connectivity index (χ4n) is 2.35. The molecule has 0 saturated carbocycles. The first-order valence-electron chi connectivity index (χ1n) is 7.82. The molecule has 0 atom stereocenters. The lowest BCUT2D eigenvalue weighted by Gasteiger charge is -1.96. The number of hydrogen-bond donors (Lipinski definition) is 0. The van der Waals surface area contributed by atoms with E-state index in [4.69, 9.17) is 11.6 Å². The third-order valence-electron chi connectivity index (χ3n) is 3.67. The first-order chi connectivity index (χ1) is 13.1. The summed E-state index contributed by atoms with van der Waals surface area (Å²) in [5.41, 5.74) is 2.54. The Kier molecular flexibility index (Phi) is 5.77. The Morgan fingerprint density at radius 2 is 1.96 bits per heavy atom. The Bertz CT molecular complexity index is 1080. The van der Waals surface area contributed by atoms with E-state index >= 15 is 0 Å². The van der Waals surface area contributed by atoms with Crippen LogP contribution in [0, 0.1) is 21.4 Å². The summed E-state index contributed by atoms with van der Waals surface area (Å²) >= 11 is 7.25. The number of thiazole rings is 1. The van der Waals surface area contributed by atoms with Gasteiger partial charge in [-0.15, -0.1) is 11.3 Å². The minimum Gasteiger partial charge on any atom is -0.258 e. The van der Waals surface area contributed by atoms with Crippen molar-refractivity contribution in [2.75, 3.05) is 0 Å². The summed E-state index contributed by atoms with van der Waals surface area (Å²) in [6.07, 6.45) is 4.81. The third kappa shape index (κ3) is 4.47. The van der Waals surface area contributed by atoms with Crippen LogP contribution in [0.4, 0.5) is 5.69 Å². The first kappa shape index (κ1) is 18.5. The number of aromatic nitrogens is 1. The number of para-hydroxylation sites is 1. The number of rotatable bonds is 5. The van der Waals surface area contributed by atoms with Gasteiger partial charge in [-0.2, -0.15) is 5.26 Å². The normalized spacial score (nSPS) is 11.5. The van der Waals surface area contributed by atoms with Gasteiger partial charge >= 0.3 is 0 Å². The van der Waals surface area contributed by atoms with Crippen molar-refractivity contribution in [3.05, 3.63) is 91.8 Å². The number of hydrogen-bond acceptors (Lipinski definition) is 5. The lowest BCUT2D eigenvalue weighted by Crippen LogP contribution is -1.90. The van der Waals surface area contributed by atoms with E-state index in [1.54, 1.807) is 48.6 Å². The zero-order valence-electron chi connectivity index (χ0n) is 13.9. The number of halogens is 1. The molecule has 0 aliphatic carbocycles. The van der Waals surface area contributed by atoms with Crippen molar-refractivity contribution in [1.29, 1.82) is 5.26 Å². The number of nitriles is 1.